The Morgan fingerprint density at radius 1 is 0.809 bits per heavy atom. The van der Waals surface area contributed by atoms with Crippen LogP contribution in [0.3, 0.4) is 0 Å². The Balaban J connectivity index is 2.64. The van der Waals surface area contributed by atoms with Gasteiger partial charge < -0.3 is 52.4 Å². The molecule has 0 bridgehead atoms. The van der Waals surface area contributed by atoms with Crippen molar-refractivity contribution in [2.24, 2.45) is 47.0 Å². The van der Waals surface area contributed by atoms with Crippen molar-refractivity contribution in [1.82, 2.24) is 31.1 Å². The van der Waals surface area contributed by atoms with Crippen molar-refractivity contribution in [1.29, 1.82) is 0 Å². The van der Waals surface area contributed by atoms with Crippen molar-refractivity contribution in [3.63, 3.8) is 0 Å². The summed E-state index contributed by atoms with van der Waals surface area (Å²) in [5.41, 5.74) is 11.6. The van der Waals surface area contributed by atoms with Crippen molar-refractivity contribution in [3.8, 4) is 18.1 Å². The second kappa shape index (κ2) is 26.8. The van der Waals surface area contributed by atoms with E-state index >= 15 is 0 Å². The molecule has 9 N–H and O–H groups in total. The molecular weight excluding hydrogens is 877 g/mol. The molecule has 0 radical (unpaired) electrons. The Morgan fingerprint density at radius 3 is 1.88 bits per heavy atom. The molecular formula is C49H74N8O11. The van der Waals surface area contributed by atoms with Gasteiger partial charge >= 0.3 is 5.97 Å². The SMILES string of the molecule is C#CC1CC=CN(C(C(=O)N(C)C(Cc2ccc(O)cc2)C(=O)NC(C(=O)OC(C)C(NC(=O)C(NC(=O)C(C)C)C(C)CC(N)=O)C(=O)NC(CC(C)C)C(N)=O)C(C)CC)C(C)CC)C1=O. The first kappa shape index (κ1) is 57.7. The van der Waals surface area contributed by atoms with E-state index in [2.05, 4.69) is 27.2 Å². The van der Waals surface area contributed by atoms with E-state index in [0.29, 0.717) is 24.8 Å². The van der Waals surface area contributed by atoms with Gasteiger partial charge in [0.2, 0.25) is 47.3 Å². The number of nitrogens with one attached hydrogen (secondary N) is 4. The Hall–Kier alpha value is -6.45. The van der Waals surface area contributed by atoms with E-state index in [1.165, 1.54) is 49.0 Å². The van der Waals surface area contributed by atoms with Crippen LogP contribution >= 0.6 is 0 Å². The van der Waals surface area contributed by atoms with Crippen LogP contribution in [0.25, 0.3) is 0 Å². The lowest BCUT2D eigenvalue weighted by Gasteiger charge is -2.39. The van der Waals surface area contributed by atoms with Gasteiger partial charge in [-0.25, -0.2) is 4.79 Å². The number of amides is 8. The zero-order chi connectivity index (χ0) is 51.7. The lowest BCUT2D eigenvalue weighted by molar-refractivity contribution is -0.158. The maximum Gasteiger partial charge on any atom is 0.329 e. The Kier molecular flexibility index (Phi) is 22.7. The van der Waals surface area contributed by atoms with Gasteiger partial charge in [-0.2, -0.15) is 0 Å². The van der Waals surface area contributed by atoms with E-state index in [4.69, 9.17) is 22.6 Å². The third-order valence-corrected chi connectivity index (χ3v) is 12.3. The van der Waals surface area contributed by atoms with Gasteiger partial charge in [0.15, 0.2) is 0 Å². The molecule has 2 rings (SSSR count). The summed E-state index contributed by atoms with van der Waals surface area (Å²) in [6.45, 7) is 16.7. The summed E-state index contributed by atoms with van der Waals surface area (Å²) in [7, 11) is 1.42. The third-order valence-electron chi connectivity index (χ3n) is 12.3. The van der Waals surface area contributed by atoms with Crippen molar-refractivity contribution < 1.29 is 53.0 Å². The van der Waals surface area contributed by atoms with Gasteiger partial charge in [-0.3, -0.25) is 38.4 Å². The van der Waals surface area contributed by atoms with Crippen molar-refractivity contribution in [3.05, 3.63) is 42.1 Å². The van der Waals surface area contributed by atoms with E-state index in [-0.39, 0.29) is 36.8 Å². The number of phenolic OH excluding ortho intramolecular Hbond substituents is 1. The van der Waals surface area contributed by atoms with E-state index in [1.807, 2.05) is 6.92 Å². The van der Waals surface area contributed by atoms with Gasteiger partial charge in [0.25, 0.3) is 0 Å². The molecule has 0 aliphatic carbocycles. The van der Waals surface area contributed by atoms with Crippen LogP contribution in [0.4, 0.5) is 0 Å². The van der Waals surface area contributed by atoms with Gasteiger partial charge in [0.1, 0.15) is 54.0 Å². The number of phenols is 1. The number of hydrogen-bond donors (Lipinski definition) is 7. The maximum absolute atomic E-state index is 14.7. The number of likely N-dealkylation sites (N-methyl/N-ethyl adjacent to an activating group) is 1. The highest BCUT2D eigenvalue weighted by Crippen LogP contribution is 2.26. The topological polar surface area (TPSA) is 290 Å². The van der Waals surface area contributed by atoms with Crippen LogP contribution in [0, 0.1) is 47.9 Å². The Bertz CT molecular complexity index is 2030. The smallest absolute Gasteiger partial charge is 0.329 e. The maximum atomic E-state index is 14.7. The Morgan fingerprint density at radius 2 is 1.37 bits per heavy atom. The van der Waals surface area contributed by atoms with Crippen LogP contribution in [-0.2, 0) is 54.3 Å². The van der Waals surface area contributed by atoms with Crippen molar-refractivity contribution >= 4 is 53.2 Å². The fourth-order valence-corrected chi connectivity index (χ4v) is 7.60. The van der Waals surface area contributed by atoms with Gasteiger partial charge in [-0.15, -0.1) is 6.42 Å². The predicted molar refractivity (Wildman–Crippen MR) is 254 cm³/mol. The molecule has 19 nitrogen and oxygen atoms in total. The Labute approximate surface area is 400 Å². The number of hydrogen-bond acceptors (Lipinski definition) is 11. The average molecular weight is 951 g/mol. The number of carbonyl (C=O) groups is 9. The molecule has 0 saturated heterocycles. The van der Waals surface area contributed by atoms with Crippen molar-refractivity contribution in [2.45, 2.75) is 150 Å². The number of terminal acetylenes is 1. The molecule has 1 heterocycles. The monoisotopic (exact) mass is 951 g/mol. The minimum absolute atomic E-state index is 0.0348. The normalized spacial score (nSPS) is 18.0. The van der Waals surface area contributed by atoms with E-state index in [1.54, 1.807) is 66.7 Å². The zero-order valence-electron chi connectivity index (χ0n) is 41.4. The number of carbonyl (C=O) groups excluding carboxylic acids is 9. The molecule has 1 aromatic rings. The van der Waals surface area contributed by atoms with Gasteiger partial charge in [0, 0.05) is 32.0 Å². The van der Waals surface area contributed by atoms with Crippen molar-refractivity contribution in [2.75, 3.05) is 7.05 Å². The highest BCUT2D eigenvalue weighted by atomic mass is 16.5. The number of nitrogens with two attached hydrogens (primary N) is 2. The van der Waals surface area contributed by atoms with Gasteiger partial charge in [-0.1, -0.05) is 99.3 Å². The molecule has 0 saturated carbocycles. The lowest BCUT2D eigenvalue weighted by Crippen LogP contribution is -2.62. The highest BCUT2D eigenvalue weighted by Gasteiger charge is 2.43. The van der Waals surface area contributed by atoms with Crippen LogP contribution in [-0.4, -0.2) is 118 Å². The summed E-state index contributed by atoms with van der Waals surface area (Å²) in [6, 6.07) is -2.07. The fourth-order valence-electron chi connectivity index (χ4n) is 7.60. The number of benzene rings is 1. The molecule has 1 aromatic carbocycles. The molecule has 0 spiro atoms. The van der Waals surface area contributed by atoms with Crippen LogP contribution in [0.1, 0.15) is 107 Å². The number of allylic oxidation sites excluding steroid dienone is 1. The first-order valence-corrected chi connectivity index (χ1v) is 23.3. The second-order valence-corrected chi connectivity index (χ2v) is 18.6. The molecule has 8 amide bonds. The number of ether oxygens (including phenoxy) is 1. The number of aromatic hydroxyl groups is 1. The summed E-state index contributed by atoms with van der Waals surface area (Å²) in [5, 5.41) is 20.5. The zero-order valence-corrected chi connectivity index (χ0v) is 41.4. The molecule has 0 fully saturated rings. The minimum Gasteiger partial charge on any atom is -0.508 e. The molecule has 68 heavy (non-hydrogen) atoms. The van der Waals surface area contributed by atoms with Crippen LogP contribution in [0.5, 0.6) is 5.75 Å². The van der Waals surface area contributed by atoms with Gasteiger partial charge in [-0.05, 0) is 61.1 Å². The van der Waals surface area contributed by atoms with E-state index in [0.717, 1.165) is 0 Å². The number of esters is 1. The average Bonchev–Trinajstić information content (AvgIpc) is 3.27. The standard InChI is InChI=1S/C49H74N8O11/c1-13-28(8)39(54-44(62)36(25-32-18-20-34(58)21-19-32)56(12)48(66)41(29(9)14-2)57-22-16-17-33(15-3)47(57)65)49(67)68-31(11)40(46(64)52-35(42(51)60)23-26(4)5)55-45(63)38(30(10)24-37(50)59)53-43(61)27(6)7/h3,16,18-22,26-31,33,35-36,38-41,58H,13-14,17,23-25H2,1-2,4-12H3,(H2,50,59)(H2,51,60)(H,52,64)(H,53,61)(H,54,62)(H,55,63). The number of nitrogens with zero attached hydrogens (tertiary/aromatic N) is 2. The molecule has 11 unspecified atom stereocenters. The lowest BCUT2D eigenvalue weighted by atomic mass is 9.92. The van der Waals surface area contributed by atoms with E-state index < -0.39 is 119 Å². The number of rotatable bonds is 26. The van der Waals surface area contributed by atoms with Gasteiger partial charge in [0.05, 0.1) is 0 Å². The minimum atomic E-state index is -1.72. The summed E-state index contributed by atoms with van der Waals surface area (Å²) in [4.78, 5) is 125. The first-order valence-electron chi connectivity index (χ1n) is 23.3. The molecule has 1 aliphatic heterocycles. The third kappa shape index (κ3) is 16.4. The summed E-state index contributed by atoms with van der Waals surface area (Å²) < 4.78 is 5.90. The van der Waals surface area contributed by atoms with E-state index in [9.17, 15) is 48.3 Å². The second-order valence-electron chi connectivity index (χ2n) is 18.6. The first-order chi connectivity index (χ1) is 31.8. The molecule has 376 valence electrons. The summed E-state index contributed by atoms with van der Waals surface area (Å²) >= 11 is 0. The molecule has 19 heteroatoms. The highest BCUT2D eigenvalue weighted by molar-refractivity contribution is 5.97. The fraction of sp³-hybridized carbons (Fsp3) is 0.612. The summed E-state index contributed by atoms with van der Waals surface area (Å²) in [5.74, 6) is -7.77. The number of primary amides is 2. The van der Waals surface area contributed by atoms with Crippen LogP contribution in [0.2, 0.25) is 0 Å². The summed E-state index contributed by atoms with van der Waals surface area (Å²) in [6.07, 6.45) is 8.22. The van der Waals surface area contributed by atoms with Crippen LogP contribution in [0.15, 0.2) is 36.5 Å². The molecule has 1 aliphatic rings. The molecule has 0 aromatic heterocycles. The predicted octanol–water partition coefficient (Wildman–Crippen LogP) is 1.79. The molecule has 11 atom stereocenters. The largest absolute Gasteiger partial charge is 0.508 e. The van der Waals surface area contributed by atoms with Crippen LogP contribution < -0.4 is 32.7 Å². The quantitative estimate of drug-likeness (QED) is 0.0519.